The van der Waals surface area contributed by atoms with Gasteiger partial charge in [-0.25, -0.2) is 0 Å². The number of para-hydroxylation sites is 8. The summed E-state index contributed by atoms with van der Waals surface area (Å²) in [4.78, 5) is 13.0. The first kappa shape index (κ1) is 70.3. The molecule has 8 heteroatoms. The second kappa shape index (κ2) is 27.7. The Morgan fingerprint density at radius 1 is 0.229 bits per heavy atom. The monoisotopic (exact) mass is 1510 g/mol. The van der Waals surface area contributed by atoms with Crippen LogP contribution in [-0.2, 0) is 10.8 Å². The maximum Gasteiger partial charge on any atom is 0.252 e. The predicted octanol–water partition coefficient (Wildman–Crippen LogP) is 25.7. The fraction of sp³-hybridized carbons (Fsp3) is 0.0727. The minimum atomic E-state index is -0.296. The van der Waals surface area contributed by atoms with Gasteiger partial charge in [-0.3, -0.25) is 0 Å². The van der Waals surface area contributed by atoms with Crippen molar-refractivity contribution in [1.82, 2.24) is 4.57 Å². The van der Waals surface area contributed by atoms with Crippen molar-refractivity contribution in [3.05, 3.63) is 412 Å². The fourth-order valence-electron chi connectivity index (χ4n) is 19.6. The average Bonchev–Trinajstić information content (AvgIpc) is 0.726. The SMILES string of the molecule is CC(C)(C)c1ccc2c(c1)c1cc(C(C)(C)C)ccc1n2-c1cc2c3c(c1)N(c1c(-c4ccccc4)cccc1-c1ccccc1)c1ccccc1B3c1cc3c(cc1N2c1ccccc1)N(c1c(-c2ccccc2)cccc1-c1ccccc1)c1cc(N(c2ccccc2)c2ccccc2)cc2c1B3c1ccccc1N2c1ccccc1. The van der Waals surface area contributed by atoms with Crippen LogP contribution in [0.5, 0.6) is 0 Å². The Hall–Kier alpha value is -14.3. The van der Waals surface area contributed by atoms with E-state index >= 15 is 0 Å². The number of benzene rings is 17. The van der Waals surface area contributed by atoms with Gasteiger partial charge < -0.3 is 29.1 Å². The largest absolute Gasteiger partial charge is 0.311 e. The molecule has 0 radical (unpaired) electrons. The molecule has 0 aliphatic carbocycles. The lowest BCUT2D eigenvalue weighted by molar-refractivity contribution is 0.590. The van der Waals surface area contributed by atoms with Crippen molar-refractivity contribution in [3.8, 4) is 50.2 Å². The first-order valence-corrected chi connectivity index (χ1v) is 41.4. The van der Waals surface area contributed by atoms with E-state index in [4.69, 9.17) is 0 Å². The summed E-state index contributed by atoms with van der Waals surface area (Å²) in [5, 5.41) is 2.48. The van der Waals surface area contributed by atoms with Crippen LogP contribution in [0.15, 0.2) is 400 Å². The van der Waals surface area contributed by atoms with E-state index in [2.05, 4.69) is 471 Å². The van der Waals surface area contributed by atoms with E-state index in [1.807, 2.05) is 0 Å². The van der Waals surface area contributed by atoms with E-state index < -0.39 is 0 Å². The van der Waals surface area contributed by atoms with Crippen LogP contribution in [0.4, 0.5) is 85.3 Å². The Kier molecular flexibility index (Phi) is 16.5. The van der Waals surface area contributed by atoms with E-state index in [-0.39, 0.29) is 24.3 Å². The highest BCUT2D eigenvalue weighted by atomic mass is 15.2. The molecule has 0 saturated heterocycles. The van der Waals surface area contributed by atoms with Crippen LogP contribution in [0.1, 0.15) is 52.7 Å². The van der Waals surface area contributed by atoms with E-state index in [0.717, 1.165) is 147 Å². The molecular formula is C110H84B2N6. The van der Waals surface area contributed by atoms with Crippen molar-refractivity contribution in [2.45, 2.75) is 52.4 Å². The van der Waals surface area contributed by atoms with Gasteiger partial charge in [0, 0.05) is 101 Å². The molecule has 4 aliphatic rings. The van der Waals surface area contributed by atoms with Crippen LogP contribution >= 0.6 is 0 Å². The van der Waals surface area contributed by atoms with Gasteiger partial charge in [-0.2, -0.15) is 0 Å². The van der Waals surface area contributed by atoms with Crippen molar-refractivity contribution in [3.63, 3.8) is 0 Å². The Morgan fingerprint density at radius 2 is 0.551 bits per heavy atom. The summed E-state index contributed by atoms with van der Waals surface area (Å²) in [6.45, 7) is 13.5. The van der Waals surface area contributed by atoms with Crippen molar-refractivity contribution in [1.29, 1.82) is 0 Å². The summed E-state index contributed by atoms with van der Waals surface area (Å²) in [6, 6.07) is 151. The van der Waals surface area contributed by atoms with E-state index in [1.54, 1.807) is 0 Å². The summed E-state index contributed by atoms with van der Waals surface area (Å²) in [5.74, 6) is 0. The number of rotatable bonds is 12. The van der Waals surface area contributed by atoms with Crippen LogP contribution in [0.25, 0.3) is 72.0 Å². The number of hydrogen-bond donors (Lipinski definition) is 0. The standard InChI is InChI=1S/C110H84B2N6/c1-109(2,3)77-61-63-95-89(65-77)90-66-78(110(4,5)6)62-64-96(90)116(95)84-69-102-106-103(70-84)117(107-85(73-37-15-7-16-38-73)53-35-54-86(107)74-39-17-8-18-40-74)98-60-34-32-58-92(98)112(106)93-71-94-100(72-99(93)115(102)82-51-29-14-30-52-82)118(108-87(75-41-19-9-20-42-75)55-36-56-88(108)76-43-21-10-22-44-76)104-68-83(113(79-45-23-11-24-46-79)80-47-25-12-26-48-80)67-101-105(104)111(94)91-57-31-33-59-97(91)114(101)81-49-27-13-28-50-81/h7-72H,1-6H3. The highest BCUT2D eigenvalue weighted by Crippen LogP contribution is 2.56. The third kappa shape index (κ3) is 11.3. The number of aromatic nitrogens is 1. The minimum Gasteiger partial charge on any atom is -0.311 e. The third-order valence-corrected chi connectivity index (χ3v) is 25.0. The Bertz CT molecular complexity index is 6740. The maximum absolute atomic E-state index is 2.71. The van der Waals surface area contributed by atoms with Crippen molar-refractivity contribution in [2.24, 2.45) is 0 Å². The maximum atomic E-state index is 2.71. The lowest BCUT2D eigenvalue weighted by Gasteiger charge is -2.48. The number of nitrogens with zero attached hydrogens (tertiary/aromatic N) is 6. The molecular weight excluding hydrogens is 1430 g/mol. The molecule has 18 aromatic rings. The molecule has 17 aromatic carbocycles. The molecule has 5 heterocycles. The van der Waals surface area contributed by atoms with Crippen molar-refractivity contribution in [2.75, 3.05) is 24.5 Å². The Labute approximate surface area is 691 Å². The van der Waals surface area contributed by atoms with Gasteiger partial charge >= 0.3 is 0 Å². The van der Waals surface area contributed by atoms with Crippen LogP contribution < -0.4 is 57.3 Å². The zero-order chi connectivity index (χ0) is 79.1. The molecule has 0 saturated carbocycles. The molecule has 0 N–H and O–H groups in total. The molecule has 0 atom stereocenters. The van der Waals surface area contributed by atoms with Gasteiger partial charge in [0.25, 0.3) is 13.4 Å². The lowest BCUT2D eigenvalue weighted by Crippen LogP contribution is -2.65. The average molecular weight is 1510 g/mol. The first-order chi connectivity index (χ1) is 57.9. The first-order valence-electron chi connectivity index (χ1n) is 41.4. The van der Waals surface area contributed by atoms with Gasteiger partial charge in [-0.05, 0) is 192 Å². The van der Waals surface area contributed by atoms with Crippen LogP contribution in [0, 0.1) is 0 Å². The van der Waals surface area contributed by atoms with E-state index in [0.29, 0.717) is 0 Å². The van der Waals surface area contributed by atoms with Crippen molar-refractivity contribution < 1.29 is 0 Å². The number of hydrogen-bond acceptors (Lipinski definition) is 5. The summed E-state index contributed by atoms with van der Waals surface area (Å²) in [7, 11) is 0. The van der Waals surface area contributed by atoms with E-state index in [1.165, 1.54) is 54.7 Å². The molecule has 1 aromatic heterocycles. The molecule has 22 rings (SSSR count). The smallest absolute Gasteiger partial charge is 0.252 e. The van der Waals surface area contributed by atoms with Gasteiger partial charge in [0.15, 0.2) is 0 Å². The summed E-state index contributed by atoms with van der Waals surface area (Å²) in [6.07, 6.45) is 0. The molecule has 4 aliphatic heterocycles. The zero-order valence-corrected chi connectivity index (χ0v) is 66.9. The molecule has 118 heavy (non-hydrogen) atoms. The lowest BCUT2D eigenvalue weighted by atomic mass is 9.30. The molecule has 560 valence electrons. The number of fused-ring (bicyclic) bond motifs is 11. The van der Waals surface area contributed by atoms with E-state index in [9.17, 15) is 0 Å². The second-order valence-electron chi connectivity index (χ2n) is 33.9. The molecule has 0 amide bonds. The van der Waals surface area contributed by atoms with Gasteiger partial charge in [-0.1, -0.05) is 327 Å². The highest BCUT2D eigenvalue weighted by Gasteiger charge is 2.50. The zero-order valence-electron chi connectivity index (χ0n) is 66.9. The quantitative estimate of drug-likeness (QED) is 0.113. The summed E-state index contributed by atoms with van der Waals surface area (Å²) >= 11 is 0. The highest BCUT2D eigenvalue weighted by molar-refractivity contribution is 7.03. The van der Waals surface area contributed by atoms with Crippen LogP contribution in [0.3, 0.4) is 0 Å². The Balaban J connectivity index is 0.911. The van der Waals surface area contributed by atoms with Crippen LogP contribution in [-0.4, -0.2) is 18.0 Å². The van der Waals surface area contributed by atoms with Crippen molar-refractivity contribution >= 4 is 153 Å². The third-order valence-electron chi connectivity index (χ3n) is 25.0. The normalized spacial score (nSPS) is 13.1. The van der Waals surface area contributed by atoms with Crippen LogP contribution in [0.2, 0.25) is 0 Å². The van der Waals surface area contributed by atoms with Gasteiger partial charge in [0.1, 0.15) is 0 Å². The molecule has 0 unspecified atom stereocenters. The fourth-order valence-corrected chi connectivity index (χ4v) is 19.6. The summed E-state index contributed by atoms with van der Waals surface area (Å²) in [5.41, 5.74) is 38.5. The Morgan fingerprint density at radius 3 is 0.958 bits per heavy atom. The topological polar surface area (TPSA) is 21.1 Å². The molecule has 0 spiro atoms. The minimum absolute atomic E-state index is 0.100. The number of anilines is 15. The molecule has 6 nitrogen and oxygen atoms in total. The molecule has 0 bridgehead atoms. The second-order valence-corrected chi connectivity index (χ2v) is 33.9. The van der Waals surface area contributed by atoms with Gasteiger partial charge in [0.05, 0.1) is 33.8 Å². The summed E-state index contributed by atoms with van der Waals surface area (Å²) < 4.78 is 2.59. The molecule has 0 fully saturated rings. The van der Waals surface area contributed by atoms with Gasteiger partial charge in [0.2, 0.25) is 0 Å². The van der Waals surface area contributed by atoms with Gasteiger partial charge in [-0.15, -0.1) is 0 Å². The predicted molar refractivity (Wildman–Crippen MR) is 503 cm³/mol.